The van der Waals surface area contributed by atoms with Crippen molar-refractivity contribution < 1.29 is 23.4 Å². The van der Waals surface area contributed by atoms with Gasteiger partial charge < -0.3 is 10.2 Å². The predicted octanol–water partition coefficient (Wildman–Crippen LogP) is 1.83. The maximum Gasteiger partial charge on any atom is 0.310 e. The van der Waals surface area contributed by atoms with Gasteiger partial charge in [0.05, 0.1) is 16.9 Å². The number of carboxylic acids is 1. The summed E-state index contributed by atoms with van der Waals surface area (Å²) >= 11 is 0. The number of nitrogens with zero attached hydrogens (tertiary/aromatic N) is 1. The van der Waals surface area contributed by atoms with E-state index in [2.05, 4.69) is 20.8 Å². The lowest BCUT2D eigenvalue weighted by atomic mass is 9.82. The Morgan fingerprint density at radius 1 is 1.29 bits per heavy atom. The summed E-state index contributed by atoms with van der Waals surface area (Å²) in [6.07, 6.45) is 0.0438. The molecule has 24 heavy (non-hydrogen) atoms. The van der Waals surface area contributed by atoms with Crippen LogP contribution in [0.15, 0.2) is 29.2 Å². The molecule has 1 aliphatic rings. The van der Waals surface area contributed by atoms with Gasteiger partial charge in [-0.3, -0.25) is 4.79 Å². The lowest BCUT2D eigenvalue weighted by Gasteiger charge is -2.33. The molecule has 134 valence electrons. The summed E-state index contributed by atoms with van der Waals surface area (Å²) < 4.78 is 26.6. The number of hydrogen-bond donors (Lipinski definition) is 2. The van der Waals surface area contributed by atoms with Gasteiger partial charge in [-0.2, -0.15) is 4.31 Å². The van der Waals surface area contributed by atoms with Crippen molar-refractivity contribution in [2.24, 2.45) is 5.92 Å². The highest BCUT2D eigenvalue weighted by Gasteiger charge is 2.38. The number of rotatable bonds is 5. The van der Waals surface area contributed by atoms with Gasteiger partial charge in [-0.05, 0) is 36.0 Å². The topological polar surface area (TPSA) is 94.9 Å². The Morgan fingerprint density at radius 3 is 2.38 bits per heavy atom. The first-order valence-electron chi connectivity index (χ1n) is 8.11. The Bertz CT molecular complexity index is 696. The third-order valence-corrected chi connectivity index (χ3v) is 6.89. The van der Waals surface area contributed by atoms with E-state index in [0.29, 0.717) is 0 Å². The summed E-state index contributed by atoms with van der Waals surface area (Å²) in [5.41, 5.74) is 1.02. The van der Waals surface area contributed by atoms with Crippen LogP contribution in [0.3, 0.4) is 0 Å². The molecule has 0 aliphatic carbocycles. The quantitative estimate of drug-likeness (QED) is 0.840. The van der Waals surface area contributed by atoms with Crippen molar-refractivity contribution in [2.45, 2.75) is 50.0 Å². The zero-order valence-electron chi connectivity index (χ0n) is 14.3. The number of aliphatic hydroxyl groups is 1. The zero-order chi connectivity index (χ0) is 18.1. The Hall–Kier alpha value is -1.44. The second-order valence-corrected chi connectivity index (χ2v) is 8.86. The molecule has 0 saturated carbocycles. The molecule has 1 aromatic carbocycles. The first-order valence-corrected chi connectivity index (χ1v) is 9.55. The lowest BCUT2D eigenvalue weighted by Crippen LogP contribution is -2.48. The van der Waals surface area contributed by atoms with E-state index in [0.717, 1.165) is 16.3 Å². The molecule has 1 aliphatic heterocycles. The lowest BCUT2D eigenvalue weighted by molar-refractivity contribution is -0.147. The van der Waals surface area contributed by atoms with Gasteiger partial charge in [-0.15, -0.1) is 0 Å². The third-order valence-electron chi connectivity index (χ3n) is 5.01. The van der Waals surface area contributed by atoms with Gasteiger partial charge in [0, 0.05) is 13.1 Å². The average molecular weight is 355 g/mol. The minimum absolute atomic E-state index is 0.0358. The van der Waals surface area contributed by atoms with Crippen LogP contribution >= 0.6 is 0 Å². The van der Waals surface area contributed by atoms with Crippen molar-refractivity contribution >= 4 is 16.0 Å². The fraction of sp³-hybridized carbons (Fsp3) is 0.588. The number of hydrogen-bond acceptors (Lipinski definition) is 4. The van der Waals surface area contributed by atoms with Crippen LogP contribution < -0.4 is 0 Å². The van der Waals surface area contributed by atoms with E-state index >= 15 is 0 Å². The number of aliphatic carboxylic acids is 1. The second-order valence-electron chi connectivity index (χ2n) is 6.93. The summed E-state index contributed by atoms with van der Waals surface area (Å²) in [7, 11) is -3.76. The normalized spacial score (nSPS) is 23.2. The van der Waals surface area contributed by atoms with Crippen LogP contribution in [0.4, 0.5) is 0 Å². The van der Waals surface area contributed by atoms with Crippen LogP contribution in [-0.4, -0.2) is 48.1 Å². The number of benzene rings is 1. The van der Waals surface area contributed by atoms with Gasteiger partial charge in [0.1, 0.15) is 0 Å². The van der Waals surface area contributed by atoms with E-state index in [1.54, 1.807) is 12.1 Å². The first kappa shape index (κ1) is 18.9. The largest absolute Gasteiger partial charge is 0.481 e. The molecule has 1 heterocycles. The van der Waals surface area contributed by atoms with E-state index in [4.69, 9.17) is 5.11 Å². The molecule has 6 nitrogen and oxygen atoms in total. The van der Waals surface area contributed by atoms with Crippen molar-refractivity contribution in [2.75, 3.05) is 13.1 Å². The van der Waals surface area contributed by atoms with E-state index in [9.17, 15) is 18.3 Å². The maximum atomic E-state index is 12.7. The fourth-order valence-corrected chi connectivity index (χ4v) is 4.28. The zero-order valence-corrected chi connectivity index (χ0v) is 15.1. The molecule has 7 heteroatoms. The van der Waals surface area contributed by atoms with Crippen molar-refractivity contribution in [3.63, 3.8) is 0 Å². The van der Waals surface area contributed by atoms with Gasteiger partial charge >= 0.3 is 5.97 Å². The average Bonchev–Trinajstić information content (AvgIpc) is 2.55. The van der Waals surface area contributed by atoms with Crippen LogP contribution in [-0.2, 0) is 20.2 Å². The molecule has 2 N–H and O–H groups in total. The Kier molecular flexibility index (Phi) is 5.37. The van der Waals surface area contributed by atoms with Gasteiger partial charge in [-0.1, -0.05) is 32.9 Å². The highest BCUT2D eigenvalue weighted by Crippen LogP contribution is 2.29. The molecule has 0 bridgehead atoms. The summed E-state index contributed by atoms with van der Waals surface area (Å²) in [5, 5.41) is 18.9. The Balaban J connectivity index is 2.26. The van der Waals surface area contributed by atoms with Crippen molar-refractivity contribution in [3.8, 4) is 0 Å². The SMILES string of the molecule is CCC(C)(C)c1ccc(S(=O)(=O)N2CC[C@@H](O)[C@@H](C(=O)O)C2)cc1. The maximum absolute atomic E-state index is 12.7. The van der Waals surface area contributed by atoms with Crippen molar-refractivity contribution in [1.82, 2.24) is 4.31 Å². The van der Waals surface area contributed by atoms with Gasteiger partial charge in [0.25, 0.3) is 0 Å². The van der Waals surface area contributed by atoms with Crippen LogP contribution in [0.2, 0.25) is 0 Å². The molecule has 0 unspecified atom stereocenters. The number of carboxylic acid groups (broad SMARTS) is 1. The molecule has 0 aromatic heterocycles. The number of piperidine rings is 1. The van der Waals surface area contributed by atoms with E-state index in [-0.39, 0.29) is 29.8 Å². The molecule has 1 fully saturated rings. The summed E-state index contributed by atoms with van der Waals surface area (Å²) in [4.78, 5) is 11.3. The van der Waals surface area contributed by atoms with Crippen LogP contribution in [0.1, 0.15) is 39.2 Å². The Morgan fingerprint density at radius 2 is 1.88 bits per heavy atom. The van der Waals surface area contributed by atoms with Crippen LogP contribution in [0.5, 0.6) is 0 Å². The van der Waals surface area contributed by atoms with Gasteiger partial charge in [0.2, 0.25) is 10.0 Å². The fourth-order valence-electron chi connectivity index (χ4n) is 2.80. The molecule has 0 amide bonds. The molecule has 1 aromatic rings. The van der Waals surface area contributed by atoms with E-state index in [1.165, 1.54) is 0 Å². The van der Waals surface area contributed by atoms with E-state index < -0.39 is 28.0 Å². The summed E-state index contributed by atoms with van der Waals surface area (Å²) in [6, 6.07) is 6.76. The summed E-state index contributed by atoms with van der Waals surface area (Å²) in [5.74, 6) is -2.27. The molecular weight excluding hydrogens is 330 g/mol. The number of sulfonamides is 1. The molecule has 0 radical (unpaired) electrons. The molecular formula is C17H25NO5S. The number of aliphatic hydroxyl groups excluding tert-OH is 1. The van der Waals surface area contributed by atoms with Crippen LogP contribution in [0.25, 0.3) is 0 Å². The van der Waals surface area contributed by atoms with Crippen molar-refractivity contribution in [1.29, 1.82) is 0 Å². The number of carbonyl (C=O) groups is 1. The molecule has 2 rings (SSSR count). The smallest absolute Gasteiger partial charge is 0.310 e. The highest BCUT2D eigenvalue weighted by molar-refractivity contribution is 7.89. The standard InChI is InChI=1S/C17H25NO5S/c1-4-17(2,3)12-5-7-13(8-6-12)24(22,23)18-10-9-15(19)14(11-18)16(20)21/h5-8,14-15,19H,4,9-11H2,1-3H3,(H,20,21)/t14-,15+/m0/s1. The van der Waals surface area contributed by atoms with Crippen LogP contribution in [0, 0.1) is 5.92 Å². The predicted molar refractivity (Wildman–Crippen MR) is 90.3 cm³/mol. The Labute approximate surface area is 143 Å². The monoisotopic (exact) mass is 355 g/mol. The second kappa shape index (κ2) is 6.82. The van der Waals surface area contributed by atoms with Gasteiger partial charge in [0.15, 0.2) is 0 Å². The summed E-state index contributed by atoms with van der Waals surface area (Å²) in [6.45, 7) is 6.19. The van der Waals surface area contributed by atoms with E-state index in [1.807, 2.05) is 12.1 Å². The molecule has 2 atom stereocenters. The molecule has 0 spiro atoms. The minimum Gasteiger partial charge on any atom is -0.481 e. The van der Waals surface area contributed by atoms with Gasteiger partial charge in [-0.25, -0.2) is 8.42 Å². The highest BCUT2D eigenvalue weighted by atomic mass is 32.2. The molecule has 1 saturated heterocycles. The first-order chi connectivity index (χ1) is 11.1. The minimum atomic E-state index is -3.76. The third kappa shape index (κ3) is 3.63. The van der Waals surface area contributed by atoms with Crippen molar-refractivity contribution in [3.05, 3.63) is 29.8 Å².